The van der Waals surface area contributed by atoms with Crippen LogP contribution in [-0.4, -0.2) is 72.0 Å². The quantitative estimate of drug-likeness (QED) is 0.454. The Morgan fingerprint density at radius 3 is 2.35 bits per heavy atom. The summed E-state index contributed by atoms with van der Waals surface area (Å²) in [6, 6.07) is 7.50. The zero-order chi connectivity index (χ0) is 27.6. The van der Waals surface area contributed by atoms with Crippen LogP contribution in [0.3, 0.4) is 0 Å². The minimum atomic E-state index is -0.881. The second kappa shape index (κ2) is 13.6. The second-order valence-electron chi connectivity index (χ2n) is 10.4. The molecule has 1 aromatic carbocycles. The molecule has 0 aromatic heterocycles. The van der Waals surface area contributed by atoms with Crippen molar-refractivity contribution in [3.05, 3.63) is 35.9 Å². The van der Waals surface area contributed by atoms with Crippen molar-refractivity contribution in [3.63, 3.8) is 0 Å². The van der Waals surface area contributed by atoms with Crippen molar-refractivity contribution in [2.75, 3.05) is 19.6 Å². The van der Waals surface area contributed by atoms with E-state index in [9.17, 15) is 24.0 Å². The van der Waals surface area contributed by atoms with Gasteiger partial charge in [0.15, 0.2) is 5.78 Å². The third-order valence-electron chi connectivity index (χ3n) is 5.40. The first-order valence-corrected chi connectivity index (χ1v) is 12.4. The van der Waals surface area contributed by atoms with Crippen LogP contribution in [0.1, 0.15) is 53.0 Å². The van der Waals surface area contributed by atoms with Crippen molar-refractivity contribution in [2.24, 2.45) is 5.92 Å². The molecule has 0 aliphatic carbocycles. The minimum Gasteiger partial charge on any atom is -0.445 e. The lowest BCUT2D eigenvalue weighted by Crippen LogP contribution is -2.57. The molecule has 1 fully saturated rings. The standard InChI is InChI=1S/C26H38N4O7/c1-17(2)13-20(29-25(35)36-16-18-9-7-6-8-10-18)23(33)28-19-11-12-30(15-21(19)31)22(32)14-27-24(34)37-26(3,4)5/h6-10,17,19-20H,11-16H2,1-5H3,(H,27,34)(H,28,33)(H,29,35)/t19?,20-/m0/s1. The van der Waals surface area contributed by atoms with Crippen LogP contribution in [0, 0.1) is 5.92 Å². The highest BCUT2D eigenvalue weighted by atomic mass is 16.6. The number of piperidine rings is 1. The first kappa shape index (κ1) is 29.6. The first-order valence-electron chi connectivity index (χ1n) is 12.4. The van der Waals surface area contributed by atoms with Crippen molar-refractivity contribution < 1.29 is 33.4 Å². The Kier molecular flexibility index (Phi) is 10.9. The molecule has 1 aliphatic heterocycles. The van der Waals surface area contributed by atoms with E-state index in [1.165, 1.54) is 4.90 Å². The molecule has 0 bridgehead atoms. The molecule has 3 N–H and O–H groups in total. The summed E-state index contributed by atoms with van der Waals surface area (Å²) >= 11 is 0. The number of ketones is 1. The molecular weight excluding hydrogens is 480 g/mol. The molecule has 1 heterocycles. The maximum atomic E-state index is 12.9. The van der Waals surface area contributed by atoms with Gasteiger partial charge in [-0.2, -0.15) is 0 Å². The van der Waals surface area contributed by atoms with E-state index in [0.29, 0.717) is 6.42 Å². The molecule has 1 saturated heterocycles. The average molecular weight is 519 g/mol. The number of hydrogen-bond acceptors (Lipinski definition) is 7. The Hall–Kier alpha value is -3.63. The van der Waals surface area contributed by atoms with Gasteiger partial charge in [0.1, 0.15) is 24.8 Å². The van der Waals surface area contributed by atoms with E-state index in [-0.39, 0.29) is 44.4 Å². The van der Waals surface area contributed by atoms with Gasteiger partial charge in [-0.25, -0.2) is 9.59 Å². The number of rotatable bonds is 9. The lowest BCUT2D eigenvalue weighted by molar-refractivity contribution is -0.139. The summed E-state index contributed by atoms with van der Waals surface area (Å²) in [5.41, 5.74) is 0.122. The third kappa shape index (κ3) is 10.9. The Labute approximate surface area is 217 Å². The molecule has 0 spiro atoms. The highest BCUT2D eigenvalue weighted by Gasteiger charge is 2.33. The maximum Gasteiger partial charge on any atom is 0.408 e. The molecule has 2 atom stereocenters. The predicted molar refractivity (Wildman–Crippen MR) is 135 cm³/mol. The van der Waals surface area contributed by atoms with Gasteiger partial charge >= 0.3 is 12.2 Å². The number of likely N-dealkylation sites (tertiary alicyclic amines) is 1. The monoisotopic (exact) mass is 518 g/mol. The Balaban J connectivity index is 1.85. The molecule has 11 heteroatoms. The predicted octanol–water partition coefficient (Wildman–Crippen LogP) is 2.14. The maximum absolute atomic E-state index is 12.9. The van der Waals surface area contributed by atoms with E-state index in [2.05, 4.69) is 16.0 Å². The molecule has 11 nitrogen and oxygen atoms in total. The van der Waals surface area contributed by atoms with Gasteiger partial charge in [-0.3, -0.25) is 14.4 Å². The molecule has 1 aliphatic rings. The lowest BCUT2D eigenvalue weighted by Gasteiger charge is -2.32. The number of carbonyl (C=O) groups excluding carboxylic acids is 5. The van der Waals surface area contributed by atoms with Crippen LogP contribution in [-0.2, 0) is 30.5 Å². The molecule has 4 amide bonds. The summed E-state index contributed by atoms with van der Waals surface area (Å²) in [5, 5.41) is 7.68. The van der Waals surface area contributed by atoms with Gasteiger partial charge in [0.25, 0.3) is 0 Å². The largest absolute Gasteiger partial charge is 0.445 e. The van der Waals surface area contributed by atoms with Gasteiger partial charge in [-0.1, -0.05) is 44.2 Å². The van der Waals surface area contributed by atoms with Gasteiger partial charge in [0.2, 0.25) is 11.8 Å². The topological polar surface area (TPSA) is 143 Å². The van der Waals surface area contributed by atoms with E-state index in [4.69, 9.17) is 9.47 Å². The SMILES string of the molecule is CC(C)C[C@H](NC(=O)OCc1ccccc1)C(=O)NC1CCN(C(=O)CNC(=O)OC(C)(C)C)CC1=O. The Morgan fingerprint density at radius 2 is 1.76 bits per heavy atom. The van der Waals surface area contributed by atoms with E-state index in [0.717, 1.165) is 5.56 Å². The van der Waals surface area contributed by atoms with Gasteiger partial charge in [0, 0.05) is 6.54 Å². The van der Waals surface area contributed by atoms with Gasteiger partial charge in [0.05, 0.1) is 12.6 Å². The van der Waals surface area contributed by atoms with Crippen molar-refractivity contribution >= 4 is 29.8 Å². The molecule has 0 saturated carbocycles. The summed E-state index contributed by atoms with van der Waals surface area (Å²) in [7, 11) is 0. The number of carbonyl (C=O) groups is 5. The Morgan fingerprint density at radius 1 is 1.08 bits per heavy atom. The van der Waals surface area contributed by atoms with Crippen LogP contribution in [0.25, 0.3) is 0 Å². The van der Waals surface area contributed by atoms with Crippen LogP contribution in [0.2, 0.25) is 0 Å². The fraction of sp³-hybridized carbons (Fsp3) is 0.577. The molecular formula is C26H38N4O7. The summed E-state index contributed by atoms with van der Waals surface area (Å²) in [4.78, 5) is 63.4. The Bertz CT molecular complexity index is 959. The van der Waals surface area contributed by atoms with E-state index >= 15 is 0 Å². The van der Waals surface area contributed by atoms with Crippen LogP contribution < -0.4 is 16.0 Å². The lowest BCUT2D eigenvalue weighted by atomic mass is 10.00. The van der Waals surface area contributed by atoms with Crippen LogP contribution in [0.4, 0.5) is 9.59 Å². The minimum absolute atomic E-state index is 0.0659. The summed E-state index contributed by atoms with van der Waals surface area (Å²) in [6.45, 7) is 8.76. The van der Waals surface area contributed by atoms with Gasteiger partial charge in [-0.05, 0) is 45.1 Å². The number of ether oxygens (including phenoxy) is 2. The number of Topliss-reactive ketones (excluding diaryl/α,β-unsaturated/α-hetero) is 1. The van der Waals surface area contributed by atoms with Crippen molar-refractivity contribution in [2.45, 2.75) is 71.8 Å². The molecule has 1 unspecified atom stereocenters. The van der Waals surface area contributed by atoms with Crippen molar-refractivity contribution in [3.8, 4) is 0 Å². The number of nitrogens with one attached hydrogen (secondary N) is 3. The van der Waals surface area contributed by atoms with Crippen LogP contribution in [0.5, 0.6) is 0 Å². The zero-order valence-electron chi connectivity index (χ0n) is 22.2. The highest BCUT2D eigenvalue weighted by Crippen LogP contribution is 2.11. The number of alkyl carbamates (subject to hydrolysis) is 2. The van der Waals surface area contributed by atoms with Crippen molar-refractivity contribution in [1.29, 1.82) is 0 Å². The molecule has 2 rings (SSSR count). The fourth-order valence-electron chi connectivity index (χ4n) is 3.64. The van der Waals surface area contributed by atoms with Gasteiger partial charge in [-0.15, -0.1) is 0 Å². The summed E-state index contributed by atoms with van der Waals surface area (Å²) < 4.78 is 10.3. The molecule has 1 aromatic rings. The van der Waals surface area contributed by atoms with Crippen molar-refractivity contribution in [1.82, 2.24) is 20.9 Å². The molecule has 0 radical (unpaired) electrons. The first-order chi connectivity index (χ1) is 17.3. The van der Waals surface area contributed by atoms with E-state index in [1.807, 2.05) is 44.2 Å². The normalized spacial score (nSPS) is 16.5. The van der Waals surface area contributed by atoms with Gasteiger partial charge < -0.3 is 30.3 Å². The fourth-order valence-corrected chi connectivity index (χ4v) is 3.64. The smallest absolute Gasteiger partial charge is 0.408 e. The number of nitrogens with zero attached hydrogens (tertiary/aromatic N) is 1. The summed E-state index contributed by atoms with van der Waals surface area (Å²) in [6.07, 6.45) is -0.877. The van der Waals surface area contributed by atoms with E-state index < -0.39 is 41.7 Å². The van der Waals surface area contributed by atoms with E-state index in [1.54, 1.807) is 20.8 Å². The second-order valence-corrected chi connectivity index (χ2v) is 10.4. The third-order valence-corrected chi connectivity index (χ3v) is 5.40. The van der Waals surface area contributed by atoms with Crippen LogP contribution >= 0.6 is 0 Å². The summed E-state index contributed by atoms with van der Waals surface area (Å²) in [5.74, 6) is -1.16. The zero-order valence-corrected chi connectivity index (χ0v) is 22.2. The number of hydrogen-bond donors (Lipinski definition) is 3. The number of amides is 4. The highest BCUT2D eigenvalue weighted by molar-refractivity contribution is 5.95. The average Bonchev–Trinajstić information content (AvgIpc) is 2.81. The molecule has 37 heavy (non-hydrogen) atoms. The van der Waals surface area contributed by atoms with Crippen LogP contribution in [0.15, 0.2) is 30.3 Å². The number of benzene rings is 1. The molecule has 204 valence electrons.